The van der Waals surface area contributed by atoms with Crippen molar-refractivity contribution >= 4 is 46.0 Å². The van der Waals surface area contributed by atoms with Crippen LogP contribution in [0, 0.1) is 18.3 Å². The van der Waals surface area contributed by atoms with E-state index in [1.165, 1.54) is 18.3 Å². The Bertz CT molecular complexity index is 1190. The van der Waals surface area contributed by atoms with E-state index in [-0.39, 0.29) is 21.2 Å². The van der Waals surface area contributed by atoms with Crippen molar-refractivity contribution in [3.8, 4) is 17.4 Å². The van der Waals surface area contributed by atoms with E-state index in [0.717, 1.165) is 11.3 Å². The molecule has 10 heteroatoms. The van der Waals surface area contributed by atoms with Gasteiger partial charge in [-0.2, -0.15) is 10.4 Å². The summed E-state index contributed by atoms with van der Waals surface area (Å²) in [5.74, 6) is -0.880. The predicted octanol–water partition coefficient (Wildman–Crippen LogP) is 3.89. The van der Waals surface area contributed by atoms with Gasteiger partial charge in [0.05, 0.1) is 22.4 Å². The zero-order valence-electron chi connectivity index (χ0n) is 14.9. The normalized spacial score (nSPS) is 10.8. The van der Waals surface area contributed by atoms with Gasteiger partial charge in [0.25, 0.3) is 5.91 Å². The zero-order valence-corrected chi connectivity index (χ0v) is 16.5. The molecule has 1 amide bonds. The van der Waals surface area contributed by atoms with Crippen molar-refractivity contribution in [1.29, 1.82) is 5.26 Å². The van der Waals surface area contributed by atoms with Gasteiger partial charge in [0.2, 0.25) is 0 Å². The van der Waals surface area contributed by atoms with Gasteiger partial charge in [0.1, 0.15) is 27.5 Å². The highest BCUT2D eigenvalue weighted by Crippen LogP contribution is 2.29. The largest absolute Gasteiger partial charge is 0.478 e. The van der Waals surface area contributed by atoms with Crippen LogP contribution in [0.25, 0.3) is 11.3 Å². The van der Waals surface area contributed by atoms with Gasteiger partial charge < -0.3 is 15.3 Å². The Labute approximate surface area is 173 Å². The SMILES string of the molecule is Cc1c(C(=O)NN=Cc2ccc(-c3ccc(Cl)c(C(=O)O)c3)o2)sc(N)c1C#N. The lowest BCUT2D eigenvalue weighted by molar-refractivity contribution is 0.0697. The summed E-state index contributed by atoms with van der Waals surface area (Å²) in [5.41, 5.74) is 9.35. The van der Waals surface area contributed by atoms with E-state index in [9.17, 15) is 9.59 Å². The van der Waals surface area contributed by atoms with Gasteiger partial charge in [-0.15, -0.1) is 11.3 Å². The highest BCUT2D eigenvalue weighted by atomic mass is 35.5. The van der Waals surface area contributed by atoms with Gasteiger partial charge in [-0.25, -0.2) is 10.2 Å². The predicted molar refractivity (Wildman–Crippen MR) is 109 cm³/mol. The summed E-state index contributed by atoms with van der Waals surface area (Å²) >= 11 is 6.88. The van der Waals surface area contributed by atoms with Crippen LogP contribution in [-0.4, -0.2) is 23.2 Å². The third-order valence-corrected chi connectivity index (χ3v) is 5.41. The molecule has 3 aromatic rings. The van der Waals surface area contributed by atoms with E-state index in [4.69, 9.17) is 32.1 Å². The number of hydrogen-bond acceptors (Lipinski definition) is 7. The van der Waals surface area contributed by atoms with Crippen LogP contribution in [0.3, 0.4) is 0 Å². The summed E-state index contributed by atoms with van der Waals surface area (Å²) < 4.78 is 5.60. The molecule has 0 aliphatic carbocycles. The van der Waals surface area contributed by atoms with Crippen molar-refractivity contribution < 1.29 is 19.1 Å². The van der Waals surface area contributed by atoms with Crippen LogP contribution >= 0.6 is 22.9 Å². The van der Waals surface area contributed by atoms with Crippen LogP contribution in [-0.2, 0) is 0 Å². The topological polar surface area (TPSA) is 142 Å². The van der Waals surface area contributed by atoms with Crippen LogP contribution in [0.5, 0.6) is 0 Å². The van der Waals surface area contributed by atoms with E-state index in [2.05, 4.69) is 10.5 Å². The molecule has 2 aromatic heterocycles. The number of anilines is 1. The minimum atomic E-state index is -1.14. The number of carbonyl (C=O) groups is 2. The molecule has 0 spiro atoms. The summed E-state index contributed by atoms with van der Waals surface area (Å²) in [5, 5.41) is 22.4. The molecule has 0 saturated heterocycles. The van der Waals surface area contributed by atoms with Gasteiger partial charge in [0.15, 0.2) is 0 Å². The first kappa shape index (κ1) is 20.1. The van der Waals surface area contributed by atoms with E-state index in [1.54, 1.807) is 25.1 Å². The van der Waals surface area contributed by atoms with Crippen LogP contribution < -0.4 is 11.2 Å². The van der Waals surface area contributed by atoms with Crippen molar-refractivity contribution in [2.24, 2.45) is 5.10 Å². The number of nitrogens with one attached hydrogen (secondary N) is 1. The van der Waals surface area contributed by atoms with E-state index in [0.29, 0.717) is 27.5 Å². The first-order chi connectivity index (χ1) is 13.8. The standard InChI is InChI=1S/C19H13ClN4O4S/c1-9-13(7-21)17(22)29-16(9)18(25)24-23-8-11-3-5-15(28-11)10-2-4-14(20)12(6-10)19(26)27/h2-6,8H,22H2,1H3,(H,24,25)(H,26,27). The van der Waals surface area contributed by atoms with E-state index in [1.807, 2.05) is 6.07 Å². The number of nitrogens with two attached hydrogens (primary N) is 1. The Morgan fingerprint density at radius 3 is 2.79 bits per heavy atom. The van der Waals surface area contributed by atoms with Crippen molar-refractivity contribution in [2.45, 2.75) is 6.92 Å². The average Bonchev–Trinajstić information content (AvgIpc) is 3.26. The maximum atomic E-state index is 12.2. The second-order valence-corrected chi connectivity index (χ2v) is 7.27. The Balaban J connectivity index is 1.73. The molecule has 3 rings (SSSR count). The molecule has 0 bridgehead atoms. The lowest BCUT2D eigenvalue weighted by Crippen LogP contribution is -2.17. The minimum Gasteiger partial charge on any atom is -0.478 e. The third kappa shape index (κ3) is 4.13. The molecule has 0 fully saturated rings. The maximum absolute atomic E-state index is 12.2. The monoisotopic (exact) mass is 428 g/mol. The molecule has 0 saturated carbocycles. The molecule has 0 aliphatic rings. The quantitative estimate of drug-likeness (QED) is 0.415. The van der Waals surface area contributed by atoms with Crippen molar-refractivity contribution in [1.82, 2.24) is 5.43 Å². The number of hydrogen-bond donors (Lipinski definition) is 3. The number of thiophene rings is 1. The zero-order chi connectivity index (χ0) is 21.1. The molecule has 1 aromatic carbocycles. The summed E-state index contributed by atoms with van der Waals surface area (Å²) in [4.78, 5) is 23.7. The lowest BCUT2D eigenvalue weighted by atomic mass is 10.1. The molecular formula is C19H13ClN4O4S. The van der Waals surface area contributed by atoms with Crippen LogP contribution in [0.15, 0.2) is 39.9 Å². The maximum Gasteiger partial charge on any atom is 0.337 e. The number of amides is 1. The van der Waals surface area contributed by atoms with Gasteiger partial charge in [-0.05, 0) is 42.8 Å². The lowest BCUT2D eigenvalue weighted by Gasteiger charge is -2.02. The number of aromatic carboxylic acids is 1. The fourth-order valence-corrected chi connectivity index (χ4v) is 3.63. The summed E-state index contributed by atoms with van der Waals surface area (Å²) in [6, 6.07) is 9.73. The number of halogens is 1. The fraction of sp³-hybridized carbons (Fsp3) is 0.0526. The summed E-state index contributed by atoms with van der Waals surface area (Å²) in [6.45, 7) is 1.64. The number of nitrogen functional groups attached to an aromatic ring is 1. The van der Waals surface area contributed by atoms with Crippen LogP contribution in [0.2, 0.25) is 5.02 Å². The molecule has 8 nitrogen and oxygen atoms in total. The molecular weight excluding hydrogens is 416 g/mol. The highest BCUT2D eigenvalue weighted by Gasteiger charge is 2.18. The second kappa shape index (κ2) is 8.18. The Morgan fingerprint density at radius 2 is 2.14 bits per heavy atom. The van der Waals surface area contributed by atoms with Crippen LogP contribution in [0.4, 0.5) is 5.00 Å². The van der Waals surface area contributed by atoms with Gasteiger partial charge >= 0.3 is 5.97 Å². The highest BCUT2D eigenvalue weighted by molar-refractivity contribution is 7.18. The van der Waals surface area contributed by atoms with Crippen LogP contribution in [0.1, 0.15) is 36.9 Å². The third-order valence-electron chi connectivity index (χ3n) is 3.96. The molecule has 2 heterocycles. The van der Waals surface area contributed by atoms with E-state index < -0.39 is 11.9 Å². The summed E-state index contributed by atoms with van der Waals surface area (Å²) in [6.07, 6.45) is 1.30. The summed E-state index contributed by atoms with van der Waals surface area (Å²) in [7, 11) is 0. The molecule has 0 radical (unpaired) electrons. The van der Waals surface area contributed by atoms with Gasteiger partial charge in [0, 0.05) is 5.56 Å². The molecule has 29 heavy (non-hydrogen) atoms. The molecule has 146 valence electrons. The minimum absolute atomic E-state index is 0.0367. The van der Waals surface area contributed by atoms with Crippen molar-refractivity contribution in [3.05, 3.63) is 62.7 Å². The molecule has 0 aliphatic heterocycles. The van der Waals surface area contributed by atoms with Gasteiger partial charge in [-0.3, -0.25) is 4.79 Å². The number of nitriles is 1. The molecule has 0 atom stereocenters. The Morgan fingerprint density at radius 1 is 1.38 bits per heavy atom. The smallest absolute Gasteiger partial charge is 0.337 e. The second-order valence-electron chi connectivity index (χ2n) is 5.81. The first-order valence-electron chi connectivity index (χ1n) is 8.07. The van der Waals surface area contributed by atoms with Crippen molar-refractivity contribution in [2.75, 3.05) is 5.73 Å². The fourth-order valence-electron chi connectivity index (χ4n) is 2.52. The Hall–Kier alpha value is -3.61. The number of carboxylic acids is 1. The van der Waals surface area contributed by atoms with E-state index >= 15 is 0 Å². The van der Waals surface area contributed by atoms with Crippen molar-refractivity contribution in [3.63, 3.8) is 0 Å². The molecule has 4 N–H and O–H groups in total. The number of furan rings is 1. The number of carbonyl (C=O) groups excluding carboxylic acids is 1. The average molecular weight is 429 g/mol. The number of rotatable bonds is 5. The first-order valence-corrected chi connectivity index (χ1v) is 9.26. The number of benzene rings is 1. The number of nitrogens with zero attached hydrogens (tertiary/aromatic N) is 2. The molecule has 0 unspecified atom stereocenters. The number of carboxylic acid groups (broad SMARTS) is 1. The Kier molecular flexibility index (Phi) is 5.68. The van der Waals surface area contributed by atoms with Gasteiger partial charge in [-0.1, -0.05) is 11.6 Å². The number of hydrazone groups is 1.